The van der Waals surface area contributed by atoms with Gasteiger partial charge in [-0.2, -0.15) is 28.3 Å². The van der Waals surface area contributed by atoms with Crippen LogP contribution in [0.25, 0.3) is 0 Å². The fraction of sp³-hybridized carbons (Fsp3) is 0.467. The molecule has 0 aromatic heterocycles. The van der Waals surface area contributed by atoms with E-state index in [2.05, 4.69) is 46.5 Å². The standard InChI is InChI=1S/C12H21Si.3CH3.Ti/c1-9-7-12(8-13(4,5)6)11(3)10(9)2;;;;/h7H,8H2,1-6H3;3*1H3;/q4*-1;+4. The fourth-order valence-electron chi connectivity index (χ4n) is 1.77. The van der Waals surface area contributed by atoms with E-state index in [1.165, 1.54) is 22.7 Å². The van der Waals surface area contributed by atoms with Gasteiger partial charge in [-0.15, -0.1) is 0 Å². The van der Waals surface area contributed by atoms with Gasteiger partial charge in [0.05, 0.1) is 0 Å². The van der Waals surface area contributed by atoms with Crippen LogP contribution in [-0.4, -0.2) is 8.07 Å². The van der Waals surface area contributed by atoms with Gasteiger partial charge in [0.25, 0.3) is 0 Å². The van der Waals surface area contributed by atoms with E-state index in [9.17, 15) is 0 Å². The molecule has 0 saturated heterocycles. The van der Waals surface area contributed by atoms with Gasteiger partial charge in [0, 0.05) is 8.07 Å². The maximum atomic E-state index is 2.43. The van der Waals surface area contributed by atoms with Crippen LogP contribution in [0, 0.1) is 43.1 Å². The molecule has 1 rings (SSSR count). The average Bonchev–Trinajstić information content (AvgIpc) is 2.15. The molecule has 0 spiro atoms. The molecule has 1 aromatic carbocycles. The molecule has 0 N–H and O–H groups in total. The van der Waals surface area contributed by atoms with Crippen LogP contribution >= 0.6 is 0 Å². The van der Waals surface area contributed by atoms with Crippen molar-refractivity contribution in [1.82, 2.24) is 0 Å². The second-order valence-electron chi connectivity index (χ2n) is 5.34. The Labute approximate surface area is 126 Å². The van der Waals surface area contributed by atoms with Gasteiger partial charge in [0.1, 0.15) is 0 Å². The summed E-state index contributed by atoms with van der Waals surface area (Å²) in [7, 11) is -0.939. The van der Waals surface area contributed by atoms with Gasteiger partial charge in [-0.05, 0) is 0 Å². The van der Waals surface area contributed by atoms with Gasteiger partial charge in [-0.25, -0.2) is 0 Å². The van der Waals surface area contributed by atoms with E-state index < -0.39 is 8.07 Å². The quantitative estimate of drug-likeness (QED) is 0.524. The number of hydrogen-bond acceptors (Lipinski definition) is 0. The van der Waals surface area contributed by atoms with Crippen molar-refractivity contribution in [3.8, 4) is 0 Å². The maximum Gasteiger partial charge on any atom is 4.00 e. The van der Waals surface area contributed by atoms with Crippen LogP contribution in [0.3, 0.4) is 0 Å². The first-order chi connectivity index (χ1) is 5.81. The Morgan fingerprint density at radius 2 is 1.29 bits per heavy atom. The summed E-state index contributed by atoms with van der Waals surface area (Å²) in [6.07, 6.45) is 0. The summed E-state index contributed by atoms with van der Waals surface area (Å²) in [4.78, 5) is 0. The van der Waals surface area contributed by atoms with Crippen LogP contribution in [0.15, 0.2) is 6.07 Å². The van der Waals surface area contributed by atoms with Crippen molar-refractivity contribution >= 4 is 8.07 Å². The first-order valence-corrected chi connectivity index (χ1v) is 8.74. The van der Waals surface area contributed by atoms with Crippen molar-refractivity contribution in [2.75, 3.05) is 0 Å². The number of rotatable bonds is 2. The molecule has 0 nitrogen and oxygen atoms in total. The summed E-state index contributed by atoms with van der Waals surface area (Å²) in [5, 5.41) is 0. The predicted molar refractivity (Wildman–Crippen MR) is 82.5 cm³/mol. The Kier molecular flexibility index (Phi) is 14.1. The Morgan fingerprint density at radius 1 is 0.882 bits per heavy atom. The van der Waals surface area contributed by atoms with Crippen LogP contribution in [0.2, 0.25) is 19.6 Å². The van der Waals surface area contributed by atoms with Gasteiger partial charge in [-0.3, -0.25) is 0 Å². The first-order valence-electron chi connectivity index (χ1n) is 5.03. The predicted octanol–water partition coefficient (Wildman–Crippen LogP) is 5.10. The molecule has 98 valence electrons. The van der Waals surface area contributed by atoms with E-state index in [1.54, 1.807) is 5.56 Å². The third-order valence-electron chi connectivity index (χ3n) is 2.75. The Hall–Kier alpha value is 0.281. The fourth-order valence-corrected chi connectivity index (χ4v) is 3.28. The Morgan fingerprint density at radius 3 is 1.53 bits per heavy atom. The molecule has 0 amide bonds. The summed E-state index contributed by atoms with van der Waals surface area (Å²) in [5.41, 5.74) is 6.08. The van der Waals surface area contributed by atoms with Crippen LogP contribution in [0.1, 0.15) is 22.3 Å². The molecule has 0 aliphatic rings. The molecule has 0 saturated carbocycles. The third-order valence-corrected chi connectivity index (χ3v) is 4.19. The molecule has 0 atom stereocenters. The third kappa shape index (κ3) is 7.33. The molecule has 0 heterocycles. The minimum absolute atomic E-state index is 0. The van der Waals surface area contributed by atoms with Gasteiger partial charge >= 0.3 is 21.7 Å². The number of hydrogen-bond donors (Lipinski definition) is 0. The molecule has 17 heavy (non-hydrogen) atoms. The van der Waals surface area contributed by atoms with E-state index >= 15 is 0 Å². The van der Waals surface area contributed by atoms with Crippen molar-refractivity contribution in [2.45, 2.75) is 46.5 Å². The van der Waals surface area contributed by atoms with Crippen molar-refractivity contribution in [3.05, 3.63) is 50.6 Å². The summed E-state index contributed by atoms with van der Waals surface area (Å²) < 4.78 is 0. The minimum Gasteiger partial charge on any atom is -0.358 e. The van der Waals surface area contributed by atoms with Gasteiger partial charge < -0.3 is 22.3 Å². The molecule has 0 unspecified atom stereocenters. The van der Waals surface area contributed by atoms with Crippen molar-refractivity contribution in [1.29, 1.82) is 0 Å². The average molecular weight is 286 g/mol. The van der Waals surface area contributed by atoms with Crippen molar-refractivity contribution in [2.24, 2.45) is 0 Å². The van der Waals surface area contributed by atoms with E-state index in [0.29, 0.717) is 0 Å². The first kappa shape index (κ1) is 26.0. The number of aryl methyl sites for hydroxylation is 1. The molecule has 0 bridgehead atoms. The summed E-state index contributed by atoms with van der Waals surface area (Å²) >= 11 is 0. The molecule has 0 radical (unpaired) electrons. The minimum atomic E-state index is -0.939. The smallest absolute Gasteiger partial charge is 0.358 e. The van der Waals surface area contributed by atoms with Crippen LogP contribution in [0.4, 0.5) is 0 Å². The van der Waals surface area contributed by atoms with Crippen LogP contribution in [0.5, 0.6) is 0 Å². The van der Waals surface area contributed by atoms with Gasteiger partial charge in [0.2, 0.25) is 0 Å². The molecular weight excluding hydrogens is 256 g/mol. The van der Waals surface area contributed by atoms with Crippen molar-refractivity contribution in [3.63, 3.8) is 0 Å². The van der Waals surface area contributed by atoms with Crippen LogP contribution < -0.4 is 0 Å². The molecular formula is C15H30SiTi. The van der Waals surface area contributed by atoms with E-state index in [0.717, 1.165) is 0 Å². The second-order valence-corrected chi connectivity index (χ2v) is 10.8. The summed E-state index contributed by atoms with van der Waals surface area (Å²) in [5.74, 6) is 0. The maximum absolute atomic E-state index is 2.43. The van der Waals surface area contributed by atoms with Gasteiger partial charge in [0.15, 0.2) is 0 Å². The zero-order valence-corrected chi connectivity index (χ0v) is 15.8. The normalized spacial score (nSPS) is 9.29. The van der Waals surface area contributed by atoms with E-state index in [1.807, 2.05) is 0 Å². The Balaban J connectivity index is -0.000000211. The SMILES string of the molecule is Cc1[cH-]c(C[Si](C)(C)C)c(C)c1C.[CH3-].[CH3-].[CH3-].[Ti+4]. The largest absolute Gasteiger partial charge is 4.00 e. The van der Waals surface area contributed by atoms with Crippen molar-refractivity contribution < 1.29 is 21.7 Å². The van der Waals surface area contributed by atoms with Crippen LogP contribution in [-0.2, 0) is 27.8 Å². The molecule has 0 aliphatic heterocycles. The topological polar surface area (TPSA) is 0 Å². The molecule has 0 aliphatic carbocycles. The Bertz CT molecular complexity index is 305. The summed E-state index contributed by atoms with van der Waals surface area (Å²) in [6, 6.07) is 3.70. The summed E-state index contributed by atoms with van der Waals surface area (Å²) in [6.45, 7) is 14.0. The zero-order valence-electron chi connectivity index (χ0n) is 13.3. The molecule has 2 heteroatoms. The zero-order chi connectivity index (χ0) is 10.2. The molecule has 1 aromatic rings. The monoisotopic (exact) mass is 286 g/mol. The van der Waals surface area contributed by atoms with E-state index in [4.69, 9.17) is 0 Å². The van der Waals surface area contributed by atoms with Gasteiger partial charge in [-0.1, -0.05) is 46.5 Å². The van der Waals surface area contributed by atoms with E-state index in [-0.39, 0.29) is 44.0 Å². The molecule has 0 fully saturated rings. The second kappa shape index (κ2) is 9.24.